The third-order valence-corrected chi connectivity index (χ3v) is 2.75. The van der Waals surface area contributed by atoms with Gasteiger partial charge in [0.05, 0.1) is 19.9 Å². The largest absolute Gasteiger partial charge is 0.497 e. The number of hydrogen-bond donors (Lipinski definition) is 2. The van der Waals surface area contributed by atoms with Crippen molar-refractivity contribution in [2.24, 2.45) is 0 Å². The summed E-state index contributed by atoms with van der Waals surface area (Å²) in [4.78, 5) is 17.7. The van der Waals surface area contributed by atoms with Crippen LogP contribution in [0.5, 0.6) is 11.5 Å². The number of imidazole rings is 1. The summed E-state index contributed by atoms with van der Waals surface area (Å²) >= 11 is 0. The van der Waals surface area contributed by atoms with Gasteiger partial charge in [-0.25, -0.2) is 9.78 Å². The highest BCUT2D eigenvalue weighted by Gasteiger charge is 2.17. The number of methoxy groups -OCH3 is 2. The van der Waals surface area contributed by atoms with Gasteiger partial charge in [0.25, 0.3) is 0 Å². The van der Waals surface area contributed by atoms with Crippen molar-refractivity contribution in [3.05, 3.63) is 29.7 Å². The highest BCUT2D eigenvalue weighted by atomic mass is 16.5. The molecule has 1 heterocycles. The number of rotatable bonds is 4. The highest BCUT2D eigenvalue weighted by molar-refractivity contribution is 5.85. The van der Waals surface area contributed by atoms with Gasteiger partial charge < -0.3 is 19.6 Å². The SMILES string of the molecule is COc1ccc(-c2nc(C(=O)O)[nH]c2C)c(OC)c1. The molecule has 0 fully saturated rings. The molecular formula is C13H14N2O4. The summed E-state index contributed by atoms with van der Waals surface area (Å²) in [5, 5.41) is 8.93. The fourth-order valence-corrected chi connectivity index (χ4v) is 1.82. The predicted molar refractivity (Wildman–Crippen MR) is 68.8 cm³/mol. The van der Waals surface area contributed by atoms with E-state index in [0.29, 0.717) is 28.5 Å². The summed E-state index contributed by atoms with van der Waals surface area (Å²) in [7, 11) is 3.11. The van der Waals surface area contributed by atoms with E-state index in [9.17, 15) is 4.79 Å². The first-order valence-electron chi connectivity index (χ1n) is 5.59. The molecule has 6 heteroatoms. The first-order chi connectivity index (χ1) is 9.06. The number of nitrogens with zero attached hydrogens (tertiary/aromatic N) is 1. The minimum atomic E-state index is -1.10. The van der Waals surface area contributed by atoms with Crippen molar-refractivity contribution in [1.82, 2.24) is 9.97 Å². The third-order valence-electron chi connectivity index (χ3n) is 2.75. The molecule has 0 bridgehead atoms. The molecule has 2 aromatic rings. The van der Waals surface area contributed by atoms with Gasteiger partial charge in [-0.05, 0) is 19.1 Å². The molecule has 0 atom stereocenters. The Kier molecular flexibility index (Phi) is 3.41. The Morgan fingerprint density at radius 1 is 1.32 bits per heavy atom. The summed E-state index contributed by atoms with van der Waals surface area (Å²) < 4.78 is 10.4. The van der Waals surface area contributed by atoms with Gasteiger partial charge in [0.2, 0.25) is 5.82 Å². The van der Waals surface area contributed by atoms with Gasteiger partial charge in [-0.2, -0.15) is 0 Å². The second-order valence-corrected chi connectivity index (χ2v) is 3.93. The van der Waals surface area contributed by atoms with Gasteiger partial charge in [0.1, 0.15) is 11.5 Å². The summed E-state index contributed by atoms with van der Waals surface area (Å²) in [6.45, 7) is 1.76. The molecule has 0 saturated carbocycles. The Hall–Kier alpha value is -2.50. The van der Waals surface area contributed by atoms with Crippen LogP contribution in [-0.4, -0.2) is 35.3 Å². The second-order valence-electron chi connectivity index (χ2n) is 3.93. The lowest BCUT2D eigenvalue weighted by Crippen LogP contribution is -1.98. The smallest absolute Gasteiger partial charge is 0.371 e. The number of carbonyl (C=O) groups is 1. The van der Waals surface area contributed by atoms with Gasteiger partial charge in [0, 0.05) is 17.3 Å². The Morgan fingerprint density at radius 2 is 2.05 bits per heavy atom. The van der Waals surface area contributed by atoms with E-state index in [2.05, 4.69) is 9.97 Å². The van der Waals surface area contributed by atoms with Crippen molar-refractivity contribution >= 4 is 5.97 Å². The van der Waals surface area contributed by atoms with E-state index in [0.717, 1.165) is 0 Å². The molecule has 19 heavy (non-hydrogen) atoms. The van der Waals surface area contributed by atoms with E-state index in [4.69, 9.17) is 14.6 Å². The lowest BCUT2D eigenvalue weighted by atomic mass is 10.1. The average Bonchev–Trinajstić information content (AvgIpc) is 2.80. The zero-order valence-electron chi connectivity index (χ0n) is 10.9. The Balaban J connectivity index is 2.55. The van der Waals surface area contributed by atoms with Gasteiger partial charge >= 0.3 is 5.97 Å². The number of benzene rings is 1. The number of ether oxygens (including phenoxy) is 2. The van der Waals surface area contributed by atoms with Crippen LogP contribution >= 0.6 is 0 Å². The van der Waals surface area contributed by atoms with Crippen molar-refractivity contribution < 1.29 is 19.4 Å². The average molecular weight is 262 g/mol. The van der Waals surface area contributed by atoms with Crippen LogP contribution in [0.1, 0.15) is 16.3 Å². The van der Waals surface area contributed by atoms with Gasteiger partial charge in [-0.15, -0.1) is 0 Å². The van der Waals surface area contributed by atoms with Crippen molar-refractivity contribution in [2.45, 2.75) is 6.92 Å². The van der Waals surface area contributed by atoms with Crippen LogP contribution in [-0.2, 0) is 0 Å². The lowest BCUT2D eigenvalue weighted by Gasteiger charge is -2.09. The van der Waals surface area contributed by atoms with Crippen LogP contribution in [0.25, 0.3) is 11.3 Å². The monoisotopic (exact) mass is 262 g/mol. The number of carboxylic acids is 1. The molecule has 0 radical (unpaired) electrons. The molecule has 1 aromatic carbocycles. The highest BCUT2D eigenvalue weighted by Crippen LogP contribution is 2.33. The van der Waals surface area contributed by atoms with E-state index in [-0.39, 0.29) is 5.82 Å². The summed E-state index contributed by atoms with van der Waals surface area (Å²) in [5.41, 5.74) is 1.93. The number of aryl methyl sites for hydroxylation is 1. The van der Waals surface area contributed by atoms with E-state index >= 15 is 0 Å². The number of nitrogens with one attached hydrogen (secondary N) is 1. The third kappa shape index (κ3) is 2.37. The lowest BCUT2D eigenvalue weighted by molar-refractivity contribution is 0.0684. The molecule has 0 spiro atoms. The van der Waals surface area contributed by atoms with E-state index in [1.807, 2.05) is 0 Å². The fourth-order valence-electron chi connectivity index (χ4n) is 1.82. The first-order valence-corrected chi connectivity index (χ1v) is 5.59. The van der Waals surface area contributed by atoms with Crippen LogP contribution in [0.4, 0.5) is 0 Å². The molecule has 2 N–H and O–H groups in total. The molecule has 0 saturated heterocycles. The number of H-pyrrole nitrogens is 1. The minimum Gasteiger partial charge on any atom is -0.497 e. The fraction of sp³-hybridized carbons (Fsp3) is 0.231. The Labute approximate surface area is 110 Å². The molecule has 0 unspecified atom stereocenters. The van der Waals surface area contributed by atoms with Gasteiger partial charge in [-0.3, -0.25) is 0 Å². The zero-order valence-corrected chi connectivity index (χ0v) is 10.9. The van der Waals surface area contributed by atoms with Crippen LogP contribution in [0, 0.1) is 6.92 Å². The maximum absolute atomic E-state index is 10.9. The first kappa shape index (κ1) is 12.9. The summed E-state index contributed by atoms with van der Waals surface area (Å²) in [6.07, 6.45) is 0. The van der Waals surface area contributed by atoms with Crippen LogP contribution in [0.2, 0.25) is 0 Å². The van der Waals surface area contributed by atoms with Crippen molar-refractivity contribution in [1.29, 1.82) is 0 Å². The maximum atomic E-state index is 10.9. The van der Waals surface area contributed by atoms with Crippen molar-refractivity contribution in [2.75, 3.05) is 14.2 Å². The zero-order chi connectivity index (χ0) is 14.0. The predicted octanol–water partition coefficient (Wildman–Crippen LogP) is 2.10. The summed E-state index contributed by atoms with van der Waals surface area (Å²) in [5.74, 6) is 0.0466. The molecule has 1 aromatic heterocycles. The number of aromatic amines is 1. The molecule has 0 aliphatic carbocycles. The summed E-state index contributed by atoms with van der Waals surface area (Å²) in [6, 6.07) is 5.28. The molecule has 2 rings (SSSR count). The molecule has 0 amide bonds. The van der Waals surface area contributed by atoms with Crippen LogP contribution < -0.4 is 9.47 Å². The number of aromatic nitrogens is 2. The standard InChI is InChI=1S/C13H14N2O4/c1-7-11(15-12(14-7)13(16)17)9-5-4-8(18-2)6-10(9)19-3/h4-6H,1-3H3,(H,14,15)(H,16,17). The number of hydrogen-bond acceptors (Lipinski definition) is 4. The number of aromatic carboxylic acids is 1. The van der Waals surface area contributed by atoms with E-state index in [1.165, 1.54) is 0 Å². The molecule has 0 aliphatic rings. The number of carboxylic acid groups (broad SMARTS) is 1. The Bertz CT molecular complexity index is 619. The molecule has 6 nitrogen and oxygen atoms in total. The van der Waals surface area contributed by atoms with E-state index in [1.54, 1.807) is 39.3 Å². The van der Waals surface area contributed by atoms with Crippen LogP contribution in [0.15, 0.2) is 18.2 Å². The maximum Gasteiger partial charge on any atom is 0.371 e. The quantitative estimate of drug-likeness (QED) is 0.881. The molecule has 0 aliphatic heterocycles. The van der Waals surface area contributed by atoms with Crippen LogP contribution in [0.3, 0.4) is 0 Å². The molecule has 100 valence electrons. The topological polar surface area (TPSA) is 84.4 Å². The van der Waals surface area contributed by atoms with Gasteiger partial charge in [0.15, 0.2) is 0 Å². The van der Waals surface area contributed by atoms with Crippen molar-refractivity contribution in [3.8, 4) is 22.8 Å². The molecular weight excluding hydrogens is 248 g/mol. The normalized spacial score (nSPS) is 10.3. The second kappa shape index (κ2) is 5.01. The minimum absolute atomic E-state index is 0.0922. The Morgan fingerprint density at radius 3 is 2.58 bits per heavy atom. The van der Waals surface area contributed by atoms with E-state index < -0.39 is 5.97 Å². The van der Waals surface area contributed by atoms with Crippen molar-refractivity contribution in [3.63, 3.8) is 0 Å². The van der Waals surface area contributed by atoms with Gasteiger partial charge in [-0.1, -0.05) is 0 Å².